The van der Waals surface area contributed by atoms with E-state index >= 15 is 0 Å². The van der Waals surface area contributed by atoms with Gasteiger partial charge < -0.3 is 15.4 Å². The minimum absolute atomic E-state index is 0.263. The zero-order valence-corrected chi connectivity index (χ0v) is 10.1. The highest BCUT2D eigenvalue weighted by molar-refractivity contribution is 5.94. The first-order valence-corrected chi connectivity index (χ1v) is 5.32. The number of carbonyl (C=O) groups is 2. The summed E-state index contributed by atoms with van der Waals surface area (Å²) in [6, 6.07) is -0.531. The van der Waals surface area contributed by atoms with Crippen LogP contribution in [0.4, 0.5) is 4.79 Å². The first-order chi connectivity index (χ1) is 7.45. The van der Waals surface area contributed by atoms with Gasteiger partial charge in [-0.25, -0.2) is 9.59 Å². The van der Waals surface area contributed by atoms with Gasteiger partial charge in [-0.2, -0.15) is 0 Å². The Morgan fingerprint density at radius 1 is 1.50 bits per heavy atom. The number of hydrogen-bond donors (Lipinski definition) is 2. The molecule has 0 aliphatic carbocycles. The molecule has 0 bridgehead atoms. The first-order valence-electron chi connectivity index (χ1n) is 5.32. The number of hydrogen-bond acceptors (Lipinski definition) is 3. The van der Waals surface area contributed by atoms with Crippen LogP contribution in [0.5, 0.6) is 0 Å². The maximum atomic E-state index is 11.6. The number of amides is 2. The van der Waals surface area contributed by atoms with Crippen LogP contribution >= 0.6 is 0 Å². The van der Waals surface area contributed by atoms with Gasteiger partial charge >= 0.3 is 12.0 Å². The van der Waals surface area contributed by atoms with Crippen molar-refractivity contribution in [3.05, 3.63) is 11.3 Å². The second-order valence-corrected chi connectivity index (χ2v) is 4.31. The van der Waals surface area contributed by atoms with Crippen molar-refractivity contribution in [1.82, 2.24) is 10.6 Å². The Morgan fingerprint density at radius 2 is 2.12 bits per heavy atom. The maximum absolute atomic E-state index is 11.6. The van der Waals surface area contributed by atoms with Crippen LogP contribution in [0.3, 0.4) is 0 Å². The molecule has 1 heterocycles. The van der Waals surface area contributed by atoms with Crippen molar-refractivity contribution in [3.8, 4) is 0 Å². The summed E-state index contributed by atoms with van der Waals surface area (Å²) < 4.78 is 4.72. The van der Waals surface area contributed by atoms with E-state index in [4.69, 9.17) is 4.74 Å². The summed E-state index contributed by atoms with van der Waals surface area (Å²) >= 11 is 0. The van der Waals surface area contributed by atoms with Crippen molar-refractivity contribution in [2.24, 2.45) is 5.92 Å². The Morgan fingerprint density at radius 3 is 2.62 bits per heavy atom. The minimum atomic E-state index is -0.393. The van der Waals surface area contributed by atoms with E-state index in [9.17, 15) is 9.59 Å². The van der Waals surface area contributed by atoms with Gasteiger partial charge in [-0.05, 0) is 19.3 Å². The summed E-state index contributed by atoms with van der Waals surface area (Å²) in [5, 5.41) is 5.31. The molecule has 1 aliphatic heterocycles. The number of esters is 1. The third-order valence-corrected chi connectivity index (χ3v) is 2.47. The molecule has 0 fully saturated rings. The van der Waals surface area contributed by atoms with Crippen molar-refractivity contribution < 1.29 is 14.3 Å². The Hall–Kier alpha value is -1.52. The highest BCUT2D eigenvalue weighted by Gasteiger charge is 2.30. The lowest BCUT2D eigenvalue weighted by atomic mass is 9.94. The zero-order chi connectivity index (χ0) is 12.3. The molecule has 1 unspecified atom stereocenters. The molecule has 5 nitrogen and oxygen atoms in total. The van der Waals surface area contributed by atoms with Gasteiger partial charge in [0.25, 0.3) is 0 Å². The average molecular weight is 226 g/mol. The van der Waals surface area contributed by atoms with Crippen molar-refractivity contribution in [3.63, 3.8) is 0 Å². The molecule has 0 aromatic heterocycles. The van der Waals surface area contributed by atoms with Gasteiger partial charge in [0.1, 0.15) is 0 Å². The van der Waals surface area contributed by atoms with Crippen LogP contribution in [0, 0.1) is 5.92 Å². The predicted molar refractivity (Wildman–Crippen MR) is 59.6 cm³/mol. The summed E-state index contributed by atoms with van der Waals surface area (Å²) in [6.45, 7) is 5.79. The predicted octanol–water partition coefficient (Wildman–Crippen LogP) is 1.16. The number of ether oxygens (including phenoxy) is 1. The lowest BCUT2D eigenvalue weighted by Gasteiger charge is -2.28. The van der Waals surface area contributed by atoms with E-state index in [1.165, 1.54) is 7.11 Å². The van der Waals surface area contributed by atoms with Gasteiger partial charge in [0, 0.05) is 5.70 Å². The standard InChI is InChI=1S/C11H18N2O3/c1-6(2)5-8-9(10(14)16-4)7(3)12-11(15)13-8/h6,8H,5H2,1-4H3,(H2,12,13,15). The van der Waals surface area contributed by atoms with E-state index in [0.29, 0.717) is 17.2 Å². The van der Waals surface area contributed by atoms with Crippen molar-refractivity contribution in [2.75, 3.05) is 7.11 Å². The molecule has 1 rings (SSSR count). The molecule has 0 saturated carbocycles. The topological polar surface area (TPSA) is 67.4 Å². The molecule has 90 valence electrons. The number of methoxy groups -OCH3 is 1. The van der Waals surface area contributed by atoms with Gasteiger partial charge in [-0.15, -0.1) is 0 Å². The molecular formula is C11H18N2O3. The lowest BCUT2D eigenvalue weighted by Crippen LogP contribution is -2.50. The monoisotopic (exact) mass is 226 g/mol. The smallest absolute Gasteiger partial charge is 0.337 e. The Kier molecular flexibility index (Phi) is 3.93. The van der Waals surface area contributed by atoms with Crippen LogP contribution < -0.4 is 10.6 Å². The summed E-state index contributed by atoms with van der Waals surface area (Å²) in [5.74, 6) is -0.00786. The average Bonchev–Trinajstić information content (AvgIpc) is 2.14. The Labute approximate surface area is 95.2 Å². The van der Waals surface area contributed by atoms with Crippen LogP contribution in [0.25, 0.3) is 0 Å². The number of rotatable bonds is 3. The minimum Gasteiger partial charge on any atom is -0.466 e. The summed E-state index contributed by atoms with van der Waals surface area (Å²) in [7, 11) is 1.34. The third kappa shape index (κ3) is 2.74. The van der Waals surface area contributed by atoms with E-state index in [1.807, 2.05) is 13.8 Å². The number of carbonyl (C=O) groups excluding carboxylic acids is 2. The Balaban J connectivity index is 2.98. The Bertz CT molecular complexity index is 334. The lowest BCUT2D eigenvalue weighted by molar-refractivity contribution is -0.136. The number of allylic oxidation sites excluding steroid dienone is 1. The SMILES string of the molecule is COC(=O)C1=C(C)NC(=O)NC1CC(C)C. The molecule has 0 aromatic rings. The molecule has 2 amide bonds. The summed E-state index contributed by atoms with van der Waals surface area (Å²) in [6.07, 6.45) is 0.717. The fourth-order valence-corrected chi connectivity index (χ4v) is 1.82. The van der Waals surface area contributed by atoms with E-state index < -0.39 is 5.97 Å². The molecule has 0 radical (unpaired) electrons. The third-order valence-electron chi connectivity index (χ3n) is 2.47. The quantitative estimate of drug-likeness (QED) is 0.710. The number of nitrogens with one attached hydrogen (secondary N) is 2. The molecule has 1 atom stereocenters. The van der Waals surface area contributed by atoms with Crippen LogP contribution in [0.1, 0.15) is 27.2 Å². The fraction of sp³-hybridized carbons (Fsp3) is 0.636. The van der Waals surface area contributed by atoms with Gasteiger partial charge in [0.05, 0.1) is 18.7 Å². The molecule has 0 spiro atoms. The van der Waals surface area contributed by atoms with Crippen LogP contribution in [-0.2, 0) is 9.53 Å². The van der Waals surface area contributed by atoms with Gasteiger partial charge in [-0.1, -0.05) is 13.8 Å². The highest BCUT2D eigenvalue weighted by atomic mass is 16.5. The molecule has 16 heavy (non-hydrogen) atoms. The van der Waals surface area contributed by atoms with Gasteiger partial charge in [0.15, 0.2) is 0 Å². The fourth-order valence-electron chi connectivity index (χ4n) is 1.82. The summed E-state index contributed by atoms with van der Waals surface area (Å²) in [4.78, 5) is 22.9. The van der Waals surface area contributed by atoms with Crippen molar-refractivity contribution in [2.45, 2.75) is 33.2 Å². The summed E-state index contributed by atoms with van der Waals surface area (Å²) in [5.41, 5.74) is 1.08. The first kappa shape index (κ1) is 12.5. The molecule has 0 saturated heterocycles. The molecule has 0 aromatic carbocycles. The maximum Gasteiger partial charge on any atom is 0.337 e. The molecule has 1 aliphatic rings. The van der Waals surface area contributed by atoms with E-state index in [0.717, 1.165) is 6.42 Å². The van der Waals surface area contributed by atoms with Gasteiger partial charge in [-0.3, -0.25) is 0 Å². The highest BCUT2D eigenvalue weighted by Crippen LogP contribution is 2.19. The number of urea groups is 1. The van der Waals surface area contributed by atoms with E-state index in [1.54, 1.807) is 6.92 Å². The normalized spacial score (nSPS) is 20.6. The van der Waals surface area contributed by atoms with Gasteiger partial charge in [0.2, 0.25) is 0 Å². The second-order valence-electron chi connectivity index (χ2n) is 4.31. The largest absolute Gasteiger partial charge is 0.466 e. The van der Waals surface area contributed by atoms with Crippen LogP contribution in [-0.4, -0.2) is 25.2 Å². The van der Waals surface area contributed by atoms with E-state index in [-0.39, 0.29) is 12.1 Å². The van der Waals surface area contributed by atoms with E-state index in [2.05, 4.69) is 10.6 Å². The zero-order valence-electron chi connectivity index (χ0n) is 10.1. The van der Waals surface area contributed by atoms with Crippen LogP contribution in [0.2, 0.25) is 0 Å². The molecule has 2 N–H and O–H groups in total. The molecule has 5 heteroatoms. The van der Waals surface area contributed by atoms with Crippen molar-refractivity contribution >= 4 is 12.0 Å². The second kappa shape index (κ2) is 5.01. The van der Waals surface area contributed by atoms with Crippen LogP contribution in [0.15, 0.2) is 11.3 Å². The van der Waals surface area contributed by atoms with Crippen molar-refractivity contribution in [1.29, 1.82) is 0 Å². The molecular weight excluding hydrogens is 208 g/mol.